The average molecular weight is 98.9 g/mol. The normalized spacial score (nSPS) is 8.14. The molecule has 0 heterocycles. The van der Waals surface area contributed by atoms with Crippen LogP contribution in [-0.4, -0.2) is 20.3 Å². The summed E-state index contributed by atoms with van der Waals surface area (Å²) in [6.45, 7) is 2.62. The second-order valence-electron chi connectivity index (χ2n) is 1.14. The molecule has 7 heavy (non-hydrogen) atoms. The molecule has 0 aliphatic rings. The molecule has 0 saturated carbocycles. The van der Waals surface area contributed by atoms with E-state index in [0.29, 0.717) is 12.8 Å². The van der Waals surface area contributed by atoms with E-state index < -0.39 is 0 Å². The maximum Gasteiger partial charge on any atom is 0.371 e. The third-order valence-electron chi connectivity index (χ3n) is 0.474. The van der Waals surface area contributed by atoms with Gasteiger partial charge in [0.1, 0.15) is 6.19 Å². The Labute approximate surface area is 44.1 Å². The molecule has 0 bridgehead atoms. The van der Waals surface area contributed by atoms with Crippen LogP contribution in [0.15, 0.2) is 0 Å². The molecule has 3 heteroatoms. The van der Waals surface area contributed by atoms with Crippen molar-refractivity contribution < 1.29 is 9.45 Å². The SMILES string of the molecule is CCCO[B]C=O. The zero-order valence-corrected chi connectivity index (χ0v) is 4.39. The van der Waals surface area contributed by atoms with Crippen LogP contribution in [0.2, 0.25) is 0 Å². The van der Waals surface area contributed by atoms with Gasteiger partial charge in [0.05, 0.1) is 0 Å². The van der Waals surface area contributed by atoms with E-state index in [9.17, 15) is 4.79 Å². The maximum atomic E-state index is 9.50. The molecular weight excluding hydrogens is 90.9 g/mol. The maximum absolute atomic E-state index is 9.50. The Balaban J connectivity index is 2.56. The van der Waals surface area contributed by atoms with Crippen molar-refractivity contribution in [3.05, 3.63) is 0 Å². The highest BCUT2D eigenvalue weighted by Crippen LogP contribution is 1.73. The number of carbonyl (C=O) groups excluding carboxylic acids is 1. The molecule has 0 saturated heterocycles. The number of hydrogen-bond donors (Lipinski definition) is 0. The first-order chi connectivity index (χ1) is 3.41. The molecule has 0 aromatic carbocycles. The van der Waals surface area contributed by atoms with Crippen molar-refractivity contribution in [2.45, 2.75) is 13.3 Å². The van der Waals surface area contributed by atoms with Gasteiger partial charge in [-0.05, 0) is 6.42 Å². The highest BCUT2D eigenvalue weighted by Gasteiger charge is 1.83. The van der Waals surface area contributed by atoms with Crippen LogP contribution < -0.4 is 0 Å². The van der Waals surface area contributed by atoms with Crippen molar-refractivity contribution in [2.75, 3.05) is 6.61 Å². The Kier molecular flexibility index (Phi) is 5.45. The van der Waals surface area contributed by atoms with Gasteiger partial charge in [0.15, 0.2) is 0 Å². The molecule has 0 amide bonds. The van der Waals surface area contributed by atoms with Crippen LogP contribution in [-0.2, 0) is 9.45 Å². The number of carbonyl (C=O) groups is 1. The van der Waals surface area contributed by atoms with E-state index in [1.807, 2.05) is 6.92 Å². The Bertz CT molecular complexity index is 47.0. The highest BCUT2D eigenvalue weighted by molar-refractivity contribution is 6.61. The molecule has 1 radical (unpaired) electrons. The Morgan fingerprint density at radius 3 is 3.00 bits per heavy atom. The summed E-state index contributed by atoms with van der Waals surface area (Å²) in [5.41, 5.74) is 0. The minimum atomic E-state index is 0.635. The average Bonchev–Trinajstić information content (AvgIpc) is 1.69. The second kappa shape index (κ2) is 5.69. The van der Waals surface area contributed by atoms with Gasteiger partial charge in [0.25, 0.3) is 0 Å². The van der Waals surface area contributed by atoms with E-state index in [2.05, 4.69) is 4.65 Å². The van der Waals surface area contributed by atoms with Gasteiger partial charge in [-0.15, -0.1) is 0 Å². The Morgan fingerprint density at radius 2 is 2.57 bits per heavy atom. The fraction of sp³-hybridized carbons (Fsp3) is 0.750. The molecule has 39 valence electrons. The molecular formula is C4H8BO2. The Hall–Kier alpha value is -0.305. The lowest BCUT2D eigenvalue weighted by molar-refractivity contribution is 0.341. The minimum absolute atomic E-state index is 0.635. The first-order valence-electron chi connectivity index (χ1n) is 2.30. The van der Waals surface area contributed by atoms with E-state index in [1.165, 1.54) is 0 Å². The predicted octanol–water partition coefficient (Wildman–Crippen LogP) is 0.222. The first kappa shape index (κ1) is 6.69. The van der Waals surface area contributed by atoms with Crippen LogP contribution in [0, 0.1) is 0 Å². The zero-order valence-electron chi connectivity index (χ0n) is 4.39. The van der Waals surface area contributed by atoms with Crippen molar-refractivity contribution in [1.29, 1.82) is 0 Å². The third-order valence-corrected chi connectivity index (χ3v) is 0.474. The minimum Gasteiger partial charge on any atom is -0.432 e. The summed E-state index contributed by atoms with van der Waals surface area (Å²) in [4.78, 5) is 9.50. The molecule has 0 fully saturated rings. The van der Waals surface area contributed by atoms with Crippen LogP contribution in [0.3, 0.4) is 0 Å². The second-order valence-corrected chi connectivity index (χ2v) is 1.14. The summed E-state index contributed by atoms with van der Waals surface area (Å²) < 4.78 is 4.64. The van der Waals surface area contributed by atoms with Crippen LogP contribution in [0.4, 0.5) is 0 Å². The van der Waals surface area contributed by atoms with Crippen LogP contribution in [0.25, 0.3) is 0 Å². The summed E-state index contributed by atoms with van der Waals surface area (Å²) in [5.74, 6) is 0. The fourth-order valence-electron chi connectivity index (χ4n) is 0.225. The van der Waals surface area contributed by atoms with E-state index in [1.54, 1.807) is 0 Å². The molecule has 0 aliphatic carbocycles. The number of hydrogen-bond acceptors (Lipinski definition) is 2. The lowest BCUT2D eigenvalue weighted by Gasteiger charge is -1.89. The first-order valence-corrected chi connectivity index (χ1v) is 2.30. The van der Waals surface area contributed by atoms with E-state index in [4.69, 9.17) is 0 Å². The molecule has 0 unspecified atom stereocenters. The summed E-state index contributed by atoms with van der Waals surface area (Å²) in [6.07, 6.45) is 1.58. The molecule has 0 spiro atoms. The topological polar surface area (TPSA) is 26.3 Å². The van der Waals surface area contributed by atoms with Crippen molar-refractivity contribution in [3.63, 3.8) is 0 Å². The summed E-state index contributed by atoms with van der Waals surface area (Å²) in [7, 11) is 1.16. The van der Waals surface area contributed by atoms with Crippen LogP contribution in [0.1, 0.15) is 13.3 Å². The van der Waals surface area contributed by atoms with Gasteiger partial charge in [0.2, 0.25) is 0 Å². The molecule has 0 N–H and O–H groups in total. The fourth-order valence-corrected chi connectivity index (χ4v) is 0.225. The van der Waals surface area contributed by atoms with E-state index in [0.717, 1.165) is 13.9 Å². The van der Waals surface area contributed by atoms with Gasteiger partial charge >= 0.3 is 7.48 Å². The van der Waals surface area contributed by atoms with Crippen LogP contribution in [0.5, 0.6) is 0 Å². The van der Waals surface area contributed by atoms with Gasteiger partial charge in [-0.3, -0.25) is 0 Å². The van der Waals surface area contributed by atoms with Crippen molar-refractivity contribution >= 4 is 13.7 Å². The largest absolute Gasteiger partial charge is 0.432 e. The molecule has 0 aromatic heterocycles. The zero-order chi connectivity index (χ0) is 5.54. The summed E-state index contributed by atoms with van der Waals surface area (Å²) >= 11 is 0. The predicted molar refractivity (Wildman–Crippen MR) is 28.7 cm³/mol. The molecule has 0 aromatic rings. The van der Waals surface area contributed by atoms with Gasteiger partial charge in [0, 0.05) is 6.61 Å². The van der Waals surface area contributed by atoms with Gasteiger partial charge in [-0.2, -0.15) is 0 Å². The standard InChI is InChI=1S/C4H8BO2/c1-2-3-7-5-4-6/h4H,2-3H2,1H3. The lowest BCUT2D eigenvalue weighted by atomic mass is 10.1. The molecule has 0 atom stereocenters. The smallest absolute Gasteiger partial charge is 0.371 e. The number of rotatable bonds is 4. The van der Waals surface area contributed by atoms with Crippen molar-refractivity contribution in [1.82, 2.24) is 0 Å². The van der Waals surface area contributed by atoms with E-state index in [-0.39, 0.29) is 0 Å². The van der Waals surface area contributed by atoms with Gasteiger partial charge in [-0.25, -0.2) is 0 Å². The molecule has 2 nitrogen and oxygen atoms in total. The van der Waals surface area contributed by atoms with Gasteiger partial charge in [-0.1, -0.05) is 6.92 Å². The van der Waals surface area contributed by atoms with E-state index >= 15 is 0 Å². The summed E-state index contributed by atoms with van der Waals surface area (Å²) in [5, 5.41) is 0. The summed E-state index contributed by atoms with van der Waals surface area (Å²) in [6, 6.07) is 0. The molecule has 0 rings (SSSR count). The Morgan fingerprint density at radius 1 is 1.86 bits per heavy atom. The highest BCUT2D eigenvalue weighted by atomic mass is 16.4. The van der Waals surface area contributed by atoms with Crippen LogP contribution >= 0.6 is 0 Å². The quantitative estimate of drug-likeness (QED) is 0.286. The molecule has 0 aliphatic heterocycles. The lowest BCUT2D eigenvalue weighted by Crippen LogP contribution is -1.99. The monoisotopic (exact) mass is 99.1 g/mol. The third kappa shape index (κ3) is 5.69. The van der Waals surface area contributed by atoms with Gasteiger partial charge < -0.3 is 9.45 Å². The van der Waals surface area contributed by atoms with Crippen molar-refractivity contribution in [3.8, 4) is 0 Å². The van der Waals surface area contributed by atoms with Crippen molar-refractivity contribution in [2.24, 2.45) is 0 Å².